The molecule has 1 fully saturated rings. The predicted molar refractivity (Wildman–Crippen MR) is 131 cm³/mol. The van der Waals surface area contributed by atoms with Crippen molar-refractivity contribution in [1.29, 1.82) is 0 Å². The molecule has 32 heavy (non-hydrogen) atoms. The van der Waals surface area contributed by atoms with E-state index in [1.165, 1.54) is 11.3 Å². The number of thiophene rings is 1. The molecule has 0 bridgehead atoms. The number of hydrogen-bond donors (Lipinski definition) is 0. The Morgan fingerprint density at radius 1 is 1.00 bits per heavy atom. The second-order valence-electron chi connectivity index (χ2n) is 8.06. The molecule has 6 heteroatoms. The zero-order valence-electron chi connectivity index (χ0n) is 18.2. The fraction of sp³-hybridized carbons (Fsp3) is 0.308. The summed E-state index contributed by atoms with van der Waals surface area (Å²) in [5, 5.41) is 0.702. The van der Waals surface area contributed by atoms with Crippen molar-refractivity contribution in [3.05, 3.63) is 82.2 Å². The van der Waals surface area contributed by atoms with Crippen molar-refractivity contribution >= 4 is 34.8 Å². The minimum Gasteiger partial charge on any atom is -0.338 e. The van der Waals surface area contributed by atoms with E-state index in [4.69, 9.17) is 11.6 Å². The first kappa shape index (κ1) is 22.6. The molecular weight excluding hydrogens is 440 g/mol. The number of likely N-dealkylation sites (tertiary alicyclic amines) is 1. The second kappa shape index (κ2) is 10.3. The first-order chi connectivity index (χ1) is 15.6. The molecule has 2 amide bonds. The average Bonchev–Trinajstić information content (AvgIpc) is 3.33. The number of piperidine rings is 1. The van der Waals surface area contributed by atoms with Gasteiger partial charge in [0.2, 0.25) is 0 Å². The molecule has 2 aromatic carbocycles. The minimum atomic E-state index is 0.0725. The summed E-state index contributed by atoms with van der Waals surface area (Å²) < 4.78 is 0. The Bertz CT molecular complexity index is 1060. The number of rotatable bonds is 6. The van der Waals surface area contributed by atoms with Gasteiger partial charge in [-0.15, -0.1) is 11.3 Å². The van der Waals surface area contributed by atoms with Crippen LogP contribution in [0, 0.1) is 0 Å². The molecule has 166 valence electrons. The molecule has 4 rings (SSSR count). The van der Waals surface area contributed by atoms with Crippen LogP contribution in [0.4, 0.5) is 0 Å². The summed E-state index contributed by atoms with van der Waals surface area (Å²) in [5.74, 6) is 0.160. The van der Waals surface area contributed by atoms with Gasteiger partial charge in [-0.2, -0.15) is 0 Å². The van der Waals surface area contributed by atoms with Gasteiger partial charge in [0.1, 0.15) is 0 Å². The van der Waals surface area contributed by atoms with Crippen molar-refractivity contribution in [3.63, 3.8) is 0 Å². The molecule has 3 aromatic rings. The Morgan fingerprint density at radius 2 is 1.69 bits per heavy atom. The van der Waals surface area contributed by atoms with Gasteiger partial charge in [0, 0.05) is 41.1 Å². The minimum absolute atomic E-state index is 0.0725. The SMILES string of the molecule is CCCN(C(=O)c1ccc(-c2ccc(Cl)cc2)s1)C1CCN(C(=O)c2ccccc2)CC1. The van der Waals surface area contributed by atoms with Gasteiger partial charge in [0.25, 0.3) is 11.8 Å². The molecule has 4 nitrogen and oxygen atoms in total. The summed E-state index contributed by atoms with van der Waals surface area (Å²) in [7, 11) is 0. The van der Waals surface area contributed by atoms with E-state index in [2.05, 4.69) is 6.92 Å². The van der Waals surface area contributed by atoms with Crippen molar-refractivity contribution < 1.29 is 9.59 Å². The van der Waals surface area contributed by atoms with Crippen molar-refractivity contribution in [2.45, 2.75) is 32.2 Å². The highest BCUT2D eigenvalue weighted by atomic mass is 35.5. The monoisotopic (exact) mass is 466 g/mol. The number of halogens is 1. The van der Waals surface area contributed by atoms with Crippen LogP contribution < -0.4 is 0 Å². The molecule has 0 radical (unpaired) electrons. The van der Waals surface area contributed by atoms with E-state index in [1.54, 1.807) is 0 Å². The third-order valence-electron chi connectivity index (χ3n) is 5.88. The van der Waals surface area contributed by atoms with Gasteiger partial charge >= 0.3 is 0 Å². The lowest BCUT2D eigenvalue weighted by atomic mass is 10.0. The van der Waals surface area contributed by atoms with Crippen molar-refractivity contribution in [3.8, 4) is 10.4 Å². The highest BCUT2D eigenvalue weighted by molar-refractivity contribution is 7.17. The van der Waals surface area contributed by atoms with Crippen molar-refractivity contribution in [1.82, 2.24) is 9.80 Å². The molecule has 0 N–H and O–H groups in total. The number of nitrogens with zero attached hydrogens (tertiary/aromatic N) is 2. The van der Waals surface area contributed by atoms with E-state index >= 15 is 0 Å². The molecule has 0 saturated carbocycles. The van der Waals surface area contributed by atoms with Crippen LogP contribution >= 0.6 is 22.9 Å². The lowest BCUT2D eigenvalue weighted by molar-refractivity contribution is 0.0522. The Hall–Kier alpha value is -2.63. The van der Waals surface area contributed by atoms with Crippen molar-refractivity contribution in [2.24, 2.45) is 0 Å². The maximum absolute atomic E-state index is 13.4. The lowest BCUT2D eigenvalue weighted by Gasteiger charge is -2.38. The van der Waals surface area contributed by atoms with Crippen LogP contribution in [0.25, 0.3) is 10.4 Å². The molecule has 1 aliphatic rings. The van der Waals surface area contributed by atoms with Crippen LogP contribution in [0.1, 0.15) is 46.2 Å². The van der Waals surface area contributed by atoms with Crippen LogP contribution in [-0.2, 0) is 0 Å². The summed E-state index contributed by atoms with van der Waals surface area (Å²) in [4.78, 5) is 31.9. The van der Waals surface area contributed by atoms with E-state index in [-0.39, 0.29) is 17.9 Å². The molecule has 0 atom stereocenters. The molecule has 1 saturated heterocycles. The average molecular weight is 467 g/mol. The number of amides is 2. The Labute approximate surface area is 198 Å². The maximum atomic E-state index is 13.4. The van der Waals surface area contributed by atoms with Crippen LogP contribution in [-0.4, -0.2) is 47.3 Å². The number of carbonyl (C=O) groups excluding carboxylic acids is 2. The van der Waals surface area contributed by atoms with Crippen LogP contribution in [0.15, 0.2) is 66.7 Å². The standard InChI is InChI=1S/C26H27ClN2O2S/c1-2-16-29(22-14-17-28(18-15-22)25(30)20-6-4-3-5-7-20)26(31)24-13-12-23(32-24)19-8-10-21(27)11-9-19/h3-13,22H,2,14-18H2,1H3. The van der Waals surface area contributed by atoms with Crippen molar-refractivity contribution in [2.75, 3.05) is 19.6 Å². The van der Waals surface area contributed by atoms with Crippen LogP contribution in [0.5, 0.6) is 0 Å². The molecule has 1 aromatic heterocycles. The number of hydrogen-bond acceptors (Lipinski definition) is 3. The zero-order valence-corrected chi connectivity index (χ0v) is 19.7. The lowest BCUT2D eigenvalue weighted by Crippen LogP contribution is -2.49. The normalized spacial score (nSPS) is 14.4. The van der Waals surface area contributed by atoms with Gasteiger partial charge in [0.15, 0.2) is 0 Å². The van der Waals surface area contributed by atoms with Gasteiger partial charge in [0.05, 0.1) is 4.88 Å². The maximum Gasteiger partial charge on any atom is 0.264 e. The largest absolute Gasteiger partial charge is 0.338 e. The second-order valence-corrected chi connectivity index (χ2v) is 9.58. The Kier molecular flexibility index (Phi) is 7.28. The molecule has 0 aliphatic carbocycles. The van der Waals surface area contributed by atoms with Gasteiger partial charge < -0.3 is 9.80 Å². The molecular formula is C26H27ClN2O2S. The summed E-state index contributed by atoms with van der Waals surface area (Å²) in [6, 6.07) is 21.2. The summed E-state index contributed by atoms with van der Waals surface area (Å²) in [6.45, 7) is 4.17. The number of benzene rings is 2. The molecule has 2 heterocycles. The predicted octanol–water partition coefficient (Wildman–Crippen LogP) is 6.23. The Balaban J connectivity index is 1.43. The highest BCUT2D eigenvalue weighted by Crippen LogP contribution is 2.31. The van der Waals surface area contributed by atoms with E-state index < -0.39 is 0 Å². The fourth-order valence-electron chi connectivity index (χ4n) is 4.20. The quantitative estimate of drug-likeness (QED) is 0.432. The van der Waals surface area contributed by atoms with Crippen LogP contribution in [0.2, 0.25) is 5.02 Å². The molecule has 0 spiro atoms. The Morgan fingerprint density at radius 3 is 2.34 bits per heavy atom. The number of carbonyl (C=O) groups is 2. The fourth-order valence-corrected chi connectivity index (χ4v) is 5.29. The highest BCUT2D eigenvalue weighted by Gasteiger charge is 2.30. The first-order valence-electron chi connectivity index (χ1n) is 11.1. The third kappa shape index (κ3) is 5.05. The van der Waals surface area contributed by atoms with Gasteiger partial charge in [-0.25, -0.2) is 0 Å². The van der Waals surface area contributed by atoms with Gasteiger partial charge in [-0.1, -0.05) is 48.9 Å². The van der Waals surface area contributed by atoms with Crippen LogP contribution in [0.3, 0.4) is 0 Å². The molecule has 0 unspecified atom stereocenters. The van der Waals surface area contributed by atoms with Gasteiger partial charge in [-0.05, 0) is 61.2 Å². The first-order valence-corrected chi connectivity index (χ1v) is 12.3. The van der Waals surface area contributed by atoms with E-state index in [0.29, 0.717) is 18.1 Å². The zero-order chi connectivity index (χ0) is 22.5. The summed E-state index contributed by atoms with van der Waals surface area (Å²) >= 11 is 7.52. The smallest absolute Gasteiger partial charge is 0.264 e. The van der Waals surface area contributed by atoms with Gasteiger partial charge in [-0.3, -0.25) is 9.59 Å². The molecule has 1 aliphatic heterocycles. The third-order valence-corrected chi connectivity index (χ3v) is 7.26. The van der Waals surface area contributed by atoms with E-state index in [1.807, 2.05) is 76.5 Å². The van der Waals surface area contributed by atoms with E-state index in [0.717, 1.165) is 46.7 Å². The summed E-state index contributed by atoms with van der Waals surface area (Å²) in [6.07, 6.45) is 2.52. The van der Waals surface area contributed by atoms with E-state index in [9.17, 15) is 9.59 Å². The topological polar surface area (TPSA) is 40.6 Å². The summed E-state index contributed by atoms with van der Waals surface area (Å²) in [5.41, 5.74) is 1.79.